The van der Waals surface area contributed by atoms with Crippen LogP contribution < -0.4 is 0 Å². The van der Waals surface area contributed by atoms with Gasteiger partial charge in [-0.25, -0.2) is 4.98 Å². The molecule has 0 bridgehead atoms. The van der Waals surface area contributed by atoms with E-state index in [0.29, 0.717) is 5.56 Å². The van der Waals surface area contributed by atoms with Gasteiger partial charge in [-0.05, 0) is 59.7 Å². The fraction of sp³-hybridized carbons (Fsp3) is 0. The summed E-state index contributed by atoms with van der Waals surface area (Å²) in [4.78, 5) is 15.1. The molecule has 0 saturated carbocycles. The van der Waals surface area contributed by atoms with E-state index in [-0.39, 0.29) is 0 Å². The highest BCUT2D eigenvalue weighted by Gasteiger charge is 2.22. The molecule has 5 aromatic heterocycles. The van der Waals surface area contributed by atoms with E-state index in [4.69, 9.17) is 15.0 Å². The number of nitriles is 1. The quantitative estimate of drug-likeness (QED) is 0.161. The van der Waals surface area contributed by atoms with Crippen molar-refractivity contribution < 1.29 is 0 Å². The third kappa shape index (κ3) is 5.99. The second-order valence-corrected chi connectivity index (χ2v) is 15.9. The lowest BCUT2D eigenvalue weighted by atomic mass is 9.98. The maximum Gasteiger partial charge on any atom is 0.138 e. The summed E-state index contributed by atoms with van der Waals surface area (Å²) >= 11 is 0. The van der Waals surface area contributed by atoms with Crippen LogP contribution in [0.2, 0.25) is 0 Å². The molecule has 0 atom stereocenters. The predicted octanol–water partition coefficient (Wildman–Crippen LogP) is 14.3. The number of rotatable bonds is 7. The molecule has 5 heterocycles. The van der Waals surface area contributed by atoms with Gasteiger partial charge in [0, 0.05) is 67.3 Å². The Hall–Kier alpha value is -8.92. The second-order valence-electron chi connectivity index (χ2n) is 15.9. The van der Waals surface area contributed by atoms with Gasteiger partial charge >= 0.3 is 0 Å². The summed E-state index contributed by atoms with van der Waals surface area (Å²) in [6.07, 6.45) is 5.69. The van der Waals surface area contributed by atoms with E-state index in [1.807, 2.05) is 91.4 Å². The molecule has 12 aromatic rings. The van der Waals surface area contributed by atoms with Crippen molar-refractivity contribution in [3.63, 3.8) is 0 Å². The first-order valence-electron chi connectivity index (χ1n) is 21.3. The smallest absolute Gasteiger partial charge is 0.138 e. The van der Waals surface area contributed by atoms with Gasteiger partial charge in [-0.15, -0.1) is 0 Å². The van der Waals surface area contributed by atoms with Gasteiger partial charge < -0.3 is 4.57 Å². The van der Waals surface area contributed by atoms with E-state index in [1.54, 1.807) is 0 Å². The molecule has 0 fully saturated rings. The average Bonchev–Trinajstić information content (AvgIpc) is 3.88. The van der Waals surface area contributed by atoms with Gasteiger partial charge in [0.15, 0.2) is 0 Å². The Morgan fingerprint density at radius 2 is 0.844 bits per heavy atom. The average molecular weight is 817 g/mol. The molecule has 0 spiro atoms. The van der Waals surface area contributed by atoms with Crippen LogP contribution in [0, 0.1) is 11.3 Å². The molecule has 6 heteroatoms. The third-order valence-corrected chi connectivity index (χ3v) is 12.4. The normalized spacial score (nSPS) is 11.4. The molecule has 0 N–H and O–H groups in total. The van der Waals surface area contributed by atoms with Crippen molar-refractivity contribution in [3.8, 4) is 73.5 Å². The van der Waals surface area contributed by atoms with Gasteiger partial charge in [0.25, 0.3) is 0 Å². The number of pyridine rings is 3. The lowest BCUT2D eigenvalue weighted by molar-refractivity contribution is 1.06. The Labute approximate surface area is 369 Å². The van der Waals surface area contributed by atoms with Crippen molar-refractivity contribution in [2.45, 2.75) is 0 Å². The van der Waals surface area contributed by atoms with Crippen molar-refractivity contribution in [3.05, 3.63) is 224 Å². The third-order valence-electron chi connectivity index (χ3n) is 12.4. The van der Waals surface area contributed by atoms with Crippen molar-refractivity contribution in [1.29, 1.82) is 5.26 Å². The van der Waals surface area contributed by atoms with Gasteiger partial charge in [-0.3, -0.25) is 14.5 Å². The number of fused-ring (bicyclic) bond motifs is 6. The molecular formula is C58H36N6. The molecule has 298 valence electrons. The summed E-state index contributed by atoms with van der Waals surface area (Å²) in [5, 5.41) is 15.1. The molecule has 0 amide bonds. The van der Waals surface area contributed by atoms with Crippen LogP contribution in [-0.4, -0.2) is 24.1 Å². The molecule has 0 radical (unpaired) electrons. The number of hydrogen-bond donors (Lipinski definition) is 0. The largest absolute Gasteiger partial charge is 0.307 e. The minimum absolute atomic E-state index is 0.583. The molecule has 0 saturated heterocycles. The highest BCUT2D eigenvalue weighted by atomic mass is 15.1. The predicted molar refractivity (Wildman–Crippen MR) is 260 cm³/mol. The number of para-hydroxylation sites is 2. The summed E-state index contributed by atoms with van der Waals surface area (Å²) in [7, 11) is 0. The van der Waals surface area contributed by atoms with Crippen LogP contribution in [0.1, 0.15) is 5.56 Å². The van der Waals surface area contributed by atoms with E-state index < -0.39 is 0 Å². The van der Waals surface area contributed by atoms with Crippen LogP contribution in [0.25, 0.3) is 111 Å². The maximum absolute atomic E-state index is 10.6. The second kappa shape index (κ2) is 15.2. The Bertz CT molecular complexity index is 3800. The lowest BCUT2D eigenvalue weighted by Gasteiger charge is -2.17. The van der Waals surface area contributed by atoms with Crippen LogP contribution in [0.3, 0.4) is 0 Å². The van der Waals surface area contributed by atoms with Gasteiger partial charge in [-0.1, -0.05) is 152 Å². The molecule has 7 aromatic carbocycles. The van der Waals surface area contributed by atoms with Crippen molar-refractivity contribution in [2.24, 2.45) is 0 Å². The summed E-state index contributed by atoms with van der Waals surface area (Å²) in [5.74, 6) is 0.744. The van der Waals surface area contributed by atoms with E-state index in [0.717, 1.165) is 111 Å². The molecule has 0 aliphatic rings. The number of hydrogen-bond acceptors (Lipinski definition) is 4. The van der Waals surface area contributed by atoms with Crippen LogP contribution in [0.4, 0.5) is 0 Å². The number of benzene rings is 7. The van der Waals surface area contributed by atoms with Crippen LogP contribution in [0.15, 0.2) is 219 Å². The summed E-state index contributed by atoms with van der Waals surface area (Å²) in [6.45, 7) is 0. The van der Waals surface area contributed by atoms with Gasteiger partial charge in [0.2, 0.25) is 0 Å². The minimum Gasteiger partial charge on any atom is -0.307 e. The van der Waals surface area contributed by atoms with Crippen LogP contribution >= 0.6 is 0 Å². The Kier molecular flexibility index (Phi) is 8.77. The first-order valence-corrected chi connectivity index (χ1v) is 21.3. The van der Waals surface area contributed by atoms with Crippen LogP contribution in [0.5, 0.6) is 0 Å². The molecule has 0 aliphatic heterocycles. The zero-order chi connectivity index (χ0) is 42.6. The maximum atomic E-state index is 10.6. The monoisotopic (exact) mass is 816 g/mol. The molecule has 6 nitrogen and oxygen atoms in total. The van der Waals surface area contributed by atoms with Crippen molar-refractivity contribution in [1.82, 2.24) is 24.1 Å². The molecule has 0 aliphatic carbocycles. The zero-order valence-corrected chi connectivity index (χ0v) is 34.5. The Morgan fingerprint density at radius 3 is 1.44 bits per heavy atom. The van der Waals surface area contributed by atoms with Gasteiger partial charge in [-0.2, -0.15) is 5.26 Å². The SMILES string of the molecule is N#Cc1ccccc1-c1cc(-n2c3ccccc3c3ccc(-c4cccnc4-c4ccccc4)cc32)ncc1-n1c2ccccc2c2ccc(-c3cccnc3-c3ccccc3)cc21. The number of aromatic nitrogens is 5. The topological polar surface area (TPSA) is 72.3 Å². The van der Waals surface area contributed by atoms with E-state index in [2.05, 4.69) is 143 Å². The standard InChI is InChI=1S/C58H36N6/c59-36-42-19-7-8-20-43(42)50-35-56(64-52-26-12-10-22-47(52)49-30-28-41(34-54(49)64)45-24-14-32-61-58(45)39-17-5-2-6-18-39)62-37-55(50)63-51-25-11-9-21-46(51)48-29-27-40(33-53(48)63)44-23-13-31-60-57(44)38-15-3-1-4-16-38/h1-35,37H. The summed E-state index contributed by atoms with van der Waals surface area (Å²) < 4.78 is 4.57. The van der Waals surface area contributed by atoms with Crippen LogP contribution in [-0.2, 0) is 0 Å². The molecule has 12 rings (SSSR count). The molecular weight excluding hydrogens is 781 g/mol. The molecule has 0 unspecified atom stereocenters. The van der Waals surface area contributed by atoms with Crippen molar-refractivity contribution in [2.75, 3.05) is 0 Å². The first-order chi connectivity index (χ1) is 31.7. The van der Waals surface area contributed by atoms with Gasteiger partial charge in [0.1, 0.15) is 5.82 Å². The van der Waals surface area contributed by atoms with E-state index in [1.165, 1.54) is 0 Å². The Morgan fingerprint density at radius 1 is 0.359 bits per heavy atom. The van der Waals surface area contributed by atoms with E-state index in [9.17, 15) is 5.26 Å². The summed E-state index contributed by atoms with van der Waals surface area (Å²) in [6, 6.07) is 71.8. The highest BCUT2D eigenvalue weighted by Crippen LogP contribution is 2.42. The Balaban J connectivity index is 1.11. The highest BCUT2D eigenvalue weighted by molar-refractivity contribution is 6.12. The lowest BCUT2D eigenvalue weighted by Crippen LogP contribution is -2.04. The first kappa shape index (κ1) is 36.9. The zero-order valence-electron chi connectivity index (χ0n) is 34.5. The van der Waals surface area contributed by atoms with Gasteiger partial charge in [0.05, 0.1) is 57.0 Å². The fourth-order valence-corrected chi connectivity index (χ4v) is 9.48. The van der Waals surface area contributed by atoms with Crippen molar-refractivity contribution >= 4 is 43.6 Å². The minimum atomic E-state index is 0.583. The summed E-state index contributed by atoms with van der Waals surface area (Å²) in [5.41, 5.74) is 15.5. The van der Waals surface area contributed by atoms with E-state index >= 15 is 0 Å². The number of nitrogens with zero attached hydrogens (tertiary/aromatic N) is 6. The fourth-order valence-electron chi connectivity index (χ4n) is 9.48. The molecule has 64 heavy (non-hydrogen) atoms.